The van der Waals surface area contributed by atoms with Crippen LogP contribution in [0.5, 0.6) is 0 Å². The lowest BCUT2D eigenvalue weighted by atomic mass is 9.95. The number of benzene rings is 13. The molecule has 0 atom stereocenters. The average Bonchev–Trinajstić information content (AvgIpc) is 1.56. The zero-order valence-corrected chi connectivity index (χ0v) is 50.6. The van der Waals surface area contributed by atoms with Crippen LogP contribution in [0.2, 0.25) is 0 Å². The van der Waals surface area contributed by atoms with Gasteiger partial charge < -0.3 is 8.98 Å². The number of para-hydroxylation sites is 2. The van der Waals surface area contributed by atoms with Crippen LogP contribution in [0, 0.1) is 0 Å². The van der Waals surface area contributed by atoms with Gasteiger partial charge >= 0.3 is 0 Å². The molecule has 93 heavy (non-hydrogen) atoms. The topological polar surface area (TPSA) is 95.4 Å². The van der Waals surface area contributed by atoms with E-state index in [4.69, 9.17) is 34.3 Å². The van der Waals surface area contributed by atoms with Crippen LogP contribution in [0.1, 0.15) is 0 Å². The molecule has 8 heteroatoms. The Bertz CT molecular complexity index is 5560. The predicted molar refractivity (Wildman–Crippen MR) is 380 cm³/mol. The molecular formula is C85H55N7O. The summed E-state index contributed by atoms with van der Waals surface area (Å²) >= 11 is 0. The molecule has 4 heterocycles. The van der Waals surface area contributed by atoms with Crippen molar-refractivity contribution in [2.75, 3.05) is 0 Å². The van der Waals surface area contributed by atoms with Crippen LogP contribution < -0.4 is 0 Å². The Morgan fingerprint density at radius 1 is 0.226 bits per heavy atom. The molecule has 0 saturated heterocycles. The summed E-state index contributed by atoms with van der Waals surface area (Å²) in [6.07, 6.45) is 0. The molecule has 0 spiro atoms. The van der Waals surface area contributed by atoms with Crippen LogP contribution in [0.25, 0.3) is 179 Å². The Morgan fingerprint density at radius 2 is 0.538 bits per heavy atom. The average molecular weight is 1190 g/mol. The molecule has 0 bridgehead atoms. The van der Waals surface area contributed by atoms with Crippen LogP contribution in [0.4, 0.5) is 0 Å². The Kier molecular flexibility index (Phi) is 13.6. The van der Waals surface area contributed by atoms with Crippen molar-refractivity contribution in [3.8, 4) is 135 Å². The third-order valence-electron chi connectivity index (χ3n) is 17.6. The van der Waals surface area contributed by atoms with E-state index in [0.717, 1.165) is 144 Å². The zero-order valence-electron chi connectivity index (χ0n) is 50.6. The van der Waals surface area contributed by atoms with Crippen LogP contribution in [-0.2, 0) is 7.05 Å². The molecule has 0 fully saturated rings. The SMILES string of the molecule is Cn1c2c(-c3cccc(-c4nc(-c5ccccc5)nc(-c5cc(-c6ccccc6)cc(-c6ccccc6)c5)n4)c3)cccc2c2c3oc4ccccc4c3cc(-c3cccc(-c4nc(-c5ccccc5)nc(-c5cc(-c6ccccc6)cc(-c6ccccc6)c5)n4)c3)c21. The highest BCUT2D eigenvalue weighted by Crippen LogP contribution is 2.47. The number of rotatable bonds is 12. The molecule has 0 N–H and O–H groups in total. The van der Waals surface area contributed by atoms with E-state index in [9.17, 15) is 0 Å². The maximum Gasteiger partial charge on any atom is 0.164 e. The quantitative estimate of drug-likeness (QED) is 0.120. The third-order valence-corrected chi connectivity index (χ3v) is 17.6. The molecule has 436 valence electrons. The second-order valence-electron chi connectivity index (χ2n) is 23.5. The normalized spacial score (nSPS) is 11.5. The number of aromatic nitrogens is 7. The minimum absolute atomic E-state index is 0.566. The molecule has 0 saturated carbocycles. The monoisotopic (exact) mass is 1190 g/mol. The number of aryl methyl sites for hydroxylation is 1. The van der Waals surface area contributed by atoms with Gasteiger partial charge in [-0.25, -0.2) is 29.9 Å². The van der Waals surface area contributed by atoms with Gasteiger partial charge in [-0.05, 0) is 116 Å². The van der Waals surface area contributed by atoms with Crippen molar-refractivity contribution < 1.29 is 4.42 Å². The largest absolute Gasteiger partial charge is 0.455 e. The van der Waals surface area contributed by atoms with Gasteiger partial charge in [-0.3, -0.25) is 0 Å². The van der Waals surface area contributed by atoms with Crippen molar-refractivity contribution in [3.63, 3.8) is 0 Å². The van der Waals surface area contributed by atoms with E-state index in [1.165, 1.54) is 0 Å². The van der Waals surface area contributed by atoms with Crippen molar-refractivity contribution in [3.05, 3.63) is 315 Å². The van der Waals surface area contributed by atoms with Crippen LogP contribution in [-0.4, -0.2) is 34.5 Å². The number of furan rings is 1. The highest BCUT2D eigenvalue weighted by molar-refractivity contribution is 6.28. The lowest BCUT2D eigenvalue weighted by molar-refractivity contribution is 0.673. The molecular weight excluding hydrogens is 1130 g/mol. The smallest absolute Gasteiger partial charge is 0.164 e. The maximum atomic E-state index is 6.97. The summed E-state index contributed by atoms with van der Waals surface area (Å²) < 4.78 is 9.32. The molecule has 4 aromatic heterocycles. The minimum Gasteiger partial charge on any atom is -0.455 e. The van der Waals surface area contributed by atoms with Crippen molar-refractivity contribution in [1.29, 1.82) is 0 Å². The first-order chi connectivity index (χ1) is 46.0. The fourth-order valence-electron chi connectivity index (χ4n) is 13.2. The standard InChI is InChI=1S/C85H55N7O/c1-92-77-70(60-37-22-39-62(45-60)82-86-80(58-33-16-6-17-34-58)88-84(90-82)68-49-64(54-25-8-2-9-26-54)47-65(50-68)55-27-10-3-11-28-55)42-24-43-72(77)76-78(92)73(53-74-71-41-20-21-44-75(71)93-79(74)76)61-38-23-40-63(46-61)83-87-81(59-35-18-7-19-36-59)89-85(91-83)69-51-66(56-29-12-4-13-30-56)48-67(52-69)57-31-14-5-15-32-57/h2-53H,1H3. The summed E-state index contributed by atoms with van der Waals surface area (Å²) in [6.45, 7) is 0. The maximum absolute atomic E-state index is 6.97. The molecule has 0 unspecified atom stereocenters. The summed E-state index contributed by atoms with van der Waals surface area (Å²) in [5, 5.41) is 4.18. The van der Waals surface area contributed by atoms with E-state index in [1.54, 1.807) is 0 Å². The Labute approximate surface area is 537 Å². The van der Waals surface area contributed by atoms with E-state index in [1.807, 2.05) is 66.7 Å². The highest BCUT2D eigenvalue weighted by Gasteiger charge is 2.25. The van der Waals surface area contributed by atoms with E-state index >= 15 is 0 Å². The minimum atomic E-state index is 0.566. The third kappa shape index (κ3) is 10.2. The van der Waals surface area contributed by atoms with Crippen molar-refractivity contribution in [2.45, 2.75) is 0 Å². The number of fused-ring (bicyclic) bond motifs is 7. The highest BCUT2D eigenvalue weighted by atomic mass is 16.3. The zero-order chi connectivity index (χ0) is 61.8. The van der Waals surface area contributed by atoms with Gasteiger partial charge in [-0.2, -0.15) is 0 Å². The first kappa shape index (κ1) is 54.6. The second-order valence-corrected chi connectivity index (χ2v) is 23.5. The lowest BCUT2D eigenvalue weighted by Gasteiger charge is -2.13. The molecule has 17 rings (SSSR count). The molecule has 0 aliphatic rings. The van der Waals surface area contributed by atoms with E-state index in [2.05, 4.69) is 260 Å². The summed E-state index contributed by atoms with van der Waals surface area (Å²) in [5.41, 5.74) is 21.9. The fourth-order valence-corrected chi connectivity index (χ4v) is 13.2. The fraction of sp³-hybridized carbons (Fsp3) is 0.0118. The number of hydrogen-bond donors (Lipinski definition) is 0. The van der Waals surface area contributed by atoms with Crippen LogP contribution in [0.3, 0.4) is 0 Å². The van der Waals surface area contributed by atoms with Crippen molar-refractivity contribution in [2.24, 2.45) is 7.05 Å². The van der Waals surface area contributed by atoms with Gasteiger partial charge in [-0.15, -0.1) is 0 Å². The Balaban J connectivity index is 0.826. The van der Waals surface area contributed by atoms with Gasteiger partial charge in [-0.1, -0.05) is 255 Å². The number of hydrogen-bond acceptors (Lipinski definition) is 7. The van der Waals surface area contributed by atoms with Gasteiger partial charge in [0.15, 0.2) is 34.9 Å². The van der Waals surface area contributed by atoms with Gasteiger partial charge in [0, 0.05) is 67.7 Å². The second kappa shape index (κ2) is 23.1. The molecule has 13 aromatic carbocycles. The molecule has 17 aromatic rings. The summed E-state index contributed by atoms with van der Waals surface area (Å²) in [5.74, 6) is 3.48. The van der Waals surface area contributed by atoms with Crippen molar-refractivity contribution >= 4 is 43.7 Å². The molecule has 8 nitrogen and oxygen atoms in total. The Hall–Kier alpha value is -12.5. The van der Waals surface area contributed by atoms with Crippen LogP contribution in [0.15, 0.2) is 320 Å². The molecule has 0 aliphatic heterocycles. The van der Waals surface area contributed by atoms with Gasteiger partial charge in [0.2, 0.25) is 0 Å². The molecule has 0 aliphatic carbocycles. The Morgan fingerprint density at radius 3 is 0.978 bits per heavy atom. The summed E-state index contributed by atoms with van der Waals surface area (Å²) in [6, 6.07) is 110. The van der Waals surface area contributed by atoms with E-state index < -0.39 is 0 Å². The van der Waals surface area contributed by atoms with Gasteiger partial charge in [0.1, 0.15) is 11.2 Å². The summed E-state index contributed by atoms with van der Waals surface area (Å²) in [4.78, 5) is 31.8. The lowest BCUT2D eigenvalue weighted by Crippen LogP contribution is -2.01. The summed E-state index contributed by atoms with van der Waals surface area (Å²) in [7, 11) is 2.18. The number of nitrogens with zero attached hydrogens (tertiary/aromatic N) is 7. The first-order valence-corrected chi connectivity index (χ1v) is 31.2. The molecule has 0 radical (unpaired) electrons. The van der Waals surface area contributed by atoms with Gasteiger partial charge in [0.05, 0.1) is 16.4 Å². The molecule has 0 amide bonds. The van der Waals surface area contributed by atoms with E-state index in [-0.39, 0.29) is 0 Å². The van der Waals surface area contributed by atoms with Crippen molar-refractivity contribution in [1.82, 2.24) is 34.5 Å². The van der Waals surface area contributed by atoms with E-state index in [0.29, 0.717) is 34.9 Å². The first-order valence-electron chi connectivity index (χ1n) is 31.2. The predicted octanol–water partition coefficient (Wildman–Crippen LogP) is 21.6. The van der Waals surface area contributed by atoms with Crippen LogP contribution >= 0.6 is 0 Å². The van der Waals surface area contributed by atoms with Gasteiger partial charge in [0.25, 0.3) is 0 Å².